The van der Waals surface area contributed by atoms with E-state index in [0.29, 0.717) is 23.4 Å². The van der Waals surface area contributed by atoms with Crippen LogP contribution in [-0.2, 0) is 11.3 Å². The first-order valence-corrected chi connectivity index (χ1v) is 8.90. The Morgan fingerprint density at radius 1 is 1.11 bits per heavy atom. The maximum Gasteiger partial charge on any atom is 0.258 e. The molecule has 0 aliphatic rings. The van der Waals surface area contributed by atoms with Gasteiger partial charge < -0.3 is 14.6 Å². The number of hydrogen-bond donors (Lipinski definition) is 1. The molecule has 0 saturated heterocycles. The smallest absolute Gasteiger partial charge is 0.258 e. The molecule has 0 radical (unpaired) electrons. The van der Waals surface area contributed by atoms with Crippen LogP contribution >= 0.6 is 0 Å². The Labute approximate surface area is 158 Å². The predicted molar refractivity (Wildman–Crippen MR) is 102 cm³/mol. The van der Waals surface area contributed by atoms with Crippen LogP contribution in [0.4, 0.5) is 0 Å². The monoisotopic (exact) mass is 365 g/mol. The fraction of sp³-hybridized carbons (Fsp3) is 0.286. The van der Waals surface area contributed by atoms with Crippen molar-refractivity contribution in [3.05, 3.63) is 65.5 Å². The molecular weight excluding hydrogens is 342 g/mol. The van der Waals surface area contributed by atoms with Crippen molar-refractivity contribution in [2.75, 3.05) is 6.61 Å². The fourth-order valence-corrected chi connectivity index (χ4v) is 2.47. The summed E-state index contributed by atoms with van der Waals surface area (Å²) in [6.45, 7) is 6.37. The first-order chi connectivity index (χ1) is 13.0. The molecule has 1 heterocycles. The van der Waals surface area contributed by atoms with Gasteiger partial charge in [0.15, 0.2) is 6.61 Å². The van der Waals surface area contributed by atoms with Gasteiger partial charge in [0.05, 0.1) is 6.54 Å². The molecule has 0 atom stereocenters. The summed E-state index contributed by atoms with van der Waals surface area (Å²) in [5.41, 5.74) is 3.26. The van der Waals surface area contributed by atoms with Gasteiger partial charge in [-0.15, -0.1) is 0 Å². The van der Waals surface area contributed by atoms with E-state index in [9.17, 15) is 4.79 Å². The van der Waals surface area contributed by atoms with E-state index in [1.54, 1.807) is 0 Å². The molecule has 140 valence electrons. The summed E-state index contributed by atoms with van der Waals surface area (Å²) in [4.78, 5) is 16.2. The molecular formula is C21H23N3O3. The Balaban J connectivity index is 1.47. The van der Waals surface area contributed by atoms with Crippen LogP contribution in [0, 0.1) is 6.92 Å². The number of benzene rings is 2. The van der Waals surface area contributed by atoms with Crippen LogP contribution in [-0.4, -0.2) is 22.7 Å². The highest BCUT2D eigenvalue weighted by molar-refractivity contribution is 5.77. The standard InChI is InChI=1S/C21H23N3O3/c1-14(2)16-8-10-18(11-9-16)26-13-19(25)22-12-20-23-21(24-27-20)17-6-4-15(3)5-7-17/h4-11,14H,12-13H2,1-3H3,(H,22,25). The van der Waals surface area contributed by atoms with Gasteiger partial charge in [-0.1, -0.05) is 61.0 Å². The van der Waals surface area contributed by atoms with Gasteiger partial charge in [0, 0.05) is 5.56 Å². The second-order valence-electron chi connectivity index (χ2n) is 6.67. The Kier molecular flexibility index (Phi) is 5.86. The van der Waals surface area contributed by atoms with E-state index >= 15 is 0 Å². The van der Waals surface area contributed by atoms with Gasteiger partial charge in [-0.3, -0.25) is 4.79 Å². The number of hydrogen-bond acceptors (Lipinski definition) is 5. The lowest BCUT2D eigenvalue weighted by Crippen LogP contribution is -2.28. The molecule has 1 amide bonds. The molecule has 3 rings (SSSR count). The van der Waals surface area contributed by atoms with Crippen molar-refractivity contribution < 1.29 is 14.1 Å². The number of nitrogens with zero attached hydrogens (tertiary/aromatic N) is 2. The molecule has 6 nitrogen and oxygen atoms in total. The number of nitrogens with one attached hydrogen (secondary N) is 1. The van der Waals surface area contributed by atoms with Crippen LogP contribution < -0.4 is 10.1 Å². The fourth-order valence-electron chi connectivity index (χ4n) is 2.47. The molecule has 1 N–H and O–H groups in total. The number of amides is 1. The van der Waals surface area contributed by atoms with Crippen LogP contribution in [0.2, 0.25) is 0 Å². The molecule has 0 aliphatic heterocycles. The third-order valence-electron chi connectivity index (χ3n) is 4.13. The molecule has 0 saturated carbocycles. The molecule has 27 heavy (non-hydrogen) atoms. The van der Waals surface area contributed by atoms with Crippen molar-refractivity contribution in [2.24, 2.45) is 0 Å². The van der Waals surface area contributed by atoms with Crippen molar-refractivity contribution in [2.45, 2.75) is 33.2 Å². The Morgan fingerprint density at radius 2 is 1.81 bits per heavy atom. The van der Waals surface area contributed by atoms with Gasteiger partial charge in [-0.05, 0) is 30.5 Å². The van der Waals surface area contributed by atoms with E-state index in [2.05, 4.69) is 29.3 Å². The van der Waals surface area contributed by atoms with Crippen LogP contribution in [0.5, 0.6) is 5.75 Å². The van der Waals surface area contributed by atoms with Crippen molar-refractivity contribution in [1.29, 1.82) is 0 Å². The summed E-state index contributed by atoms with van der Waals surface area (Å²) >= 11 is 0. The highest BCUT2D eigenvalue weighted by Crippen LogP contribution is 2.18. The van der Waals surface area contributed by atoms with E-state index in [0.717, 1.165) is 11.1 Å². The molecule has 2 aromatic carbocycles. The molecule has 1 aromatic heterocycles. The summed E-state index contributed by atoms with van der Waals surface area (Å²) in [5, 5.41) is 6.65. The maximum atomic E-state index is 12.0. The number of carbonyl (C=O) groups excluding carboxylic acids is 1. The lowest BCUT2D eigenvalue weighted by atomic mass is 10.0. The molecule has 0 unspecified atom stereocenters. The van der Waals surface area contributed by atoms with Crippen LogP contribution in [0.3, 0.4) is 0 Å². The Morgan fingerprint density at radius 3 is 2.48 bits per heavy atom. The van der Waals surface area contributed by atoms with Crippen molar-refractivity contribution >= 4 is 5.91 Å². The topological polar surface area (TPSA) is 77.2 Å². The van der Waals surface area contributed by atoms with Crippen molar-refractivity contribution in [1.82, 2.24) is 15.5 Å². The number of ether oxygens (including phenoxy) is 1. The maximum absolute atomic E-state index is 12.0. The summed E-state index contributed by atoms with van der Waals surface area (Å²) < 4.78 is 10.7. The van der Waals surface area contributed by atoms with Crippen molar-refractivity contribution in [3.63, 3.8) is 0 Å². The van der Waals surface area contributed by atoms with Gasteiger partial charge in [0.2, 0.25) is 11.7 Å². The number of rotatable bonds is 7. The second kappa shape index (κ2) is 8.49. The normalized spacial score (nSPS) is 10.8. The zero-order chi connectivity index (χ0) is 19.2. The van der Waals surface area contributed by atoms with E-state index in [-0.39, 0.29) is 19.1 Å². The average Bonchev–Trinajstić information content (AvgIpc) is 3.14. The van der Waals surface area contributed by atoms with Gasteiger partial charge in [0.25, 0.3) is 5.91 Å². The average molecular weight is 365 g/mol. The van der Waals surface area contributed by atoms with Gasteiger partial charge >= 0.3 is 0 Å². The van der Waals surface area contributed by atoms with Gasteiger partial charge in [0.1, 0.15) is 5.75 Å². The van der Waals surface area contributed by atoms with Crippen LogP contribution in [0.1, 0.15) is 36.8 Å². The quantitative estimate of drug-likeness (QED) is 0.688. The largest absolute Gasteiger partial charge is 0.484 e. The first kappa shape index (κ1) is 18.6. The summed E-state index contributed by atoms with van der Waals surface area (Å²) in [7, 11) is 0. The van der Waals surface area contributed by atoms with Gasteiger partial charge in [-0.2, -0.15) is 4.98 Å². The number of carbonyl (C=O) groups is 1. The van der Waals surface area contributed by atoms with Crippen LogP contribution in [0.15, 0.2) is 53.1 Å². The lowest BCUT2D eigenvalue weighted by Gasteiger charge is -2.08. The molecule has 0 spiro atoms. The molecule has 0 aliphatic carbocycles. The number of aryl methyl sites for hydroxylation is 1. The second-order valence-corrected chi connectivity index (χ2v) is 6.67. The Hall–Kier alpha value is -3.15. The van der Waals surface area contributed by atoms with E-state index < -0.39 is 0 Å². The van der Waals surface area contributed by atoms with Gasteiger partial charge in [-0.25, -0.2) is 0 Å². The third kappa shape index (κ3) is 5.17. The molecule has 6 heteroatoms. The zero-order valence-corrected chi connectivity index (χ0v) is 15.7. The third-order valence-corrected chi connectivity index (χ3v) is 4.13. The minimum atomic E-state index is -0.252. The number of aromatic nitrogens is 2. The van der Waals surface area contributed by atoms with Crippen molar-refractivity contribution in [3.8, 4) is 17.1 Å². The predicted octanol–water partition coefficient (Wildman–Crippen LogP) is 3.86. The highest BCUT2D eigenvalue weighted by atomic mass is 16.5. The first-order valence-electron chi connectivity index (χ1n) is 8.90. The van der Waals surface area contributed by atoms with E-state index in [1.807, 2.05) is 55.5 Å². The van der Waals surface area contributed by atoms with E-state index in [1.165, 1.54) is 5.56 Å². The minimum absolute atomic E-state index is 0.0695. The lowest BCUT2D eigenvalue weighted by molar-refractivity contribution is -0.123. The summed E-state index contributed by atoms with van der Waals surface area (Å²) in [5.74, 6) is 1.72. The zero-order valence-electron chi connectivity index (χ0n) is 15.7. The molecule has 3 aromatic rings. The van der Waals surface area contributed by atoms with E-state index in [4.69, 9.17) is 9.26 Å². The van der Waals surface area contributed by atoms with Crippen LogP contribution in [0.25, 0.3) is 11.4 Å². The molecule has 0 fully saturated rings. The summed E-state index contributed by atoms with van der Waals surface area (Å²) in [6.07, 6.45) is 0. The molecule has 0 bridgehead atoms. The SMILES string of the molecule is Cc1ccc(-c2noc(CNC(=O)COc3ccc(C(C)C)cc3)n2)cc1. The minimum Gasteiger partial charge on any atom is -0.484 e. The highest BCUT2D eigenvalue weighted by Gasteiger charge is 2.10. The summed E-state index contributed by atoms with van der Waals surface area (Å²) in [6, 6.07) is 15.6. The Bertz CT molecular complexity index is 884.